The molecule has 0 spiro atoms. The van der Waals surface area contributed by atoms with E-state index < -0.39 is 0 Å². The summed E-state index contributed by atoms with van der Waals surface area (Å²) in [5.74, 6) is 1.13. The lowest BCUT2D eigenvalue weighted by Crippen LogP contribution is -2.27. The van der Waals surface area contributed by atoms with E-state index in [2.05, 4.69) is 46.0 Å². The van der Waals surface area contributed by atoms with Gasteiger partial charge in [-0.3, -0.25) is 4.98 Å². The van der Waals surface area contributed by atoms with E-state index in [0.29, 0.717) is 0 Å². The van der Waals surface area contributed by atoms with Gasteiger partial charge in [0.2, 0.25) is 0 Å². The van der Waals surface area contributed by atoms with Gasteiger partial charge >= 0.3 is 0 Å². The SMILES string of the molecule is CCCNC(Cc1cccnc1)c1nccn1CCC. The molecule has 1 N–H and O–H groups in total. The molecule has 0 amide bonds. The molecule has 2 heterocycles. The molecule has 2 rings (SSSR count). The smallest absolute Gasteiger partial charge is 0.126 e. The fraction of sp³-hybridized carbons (Fsp3) is 0.500. The first-order valence-corrected chi connectivity index (χ1v) is 7.48. The minimum absolute atomic E-state index is 0.251. The second-order valence-corrected chi connectivity index (χ2v) is 5.05. The fourth-order valence-corrected chi connectivity index (χ4v) is 2.39. The van der Waals surface area contributed by atoms with Crippen molar-refractivity contribution in [1.29, 1.82) is 0 Å². The van der Waals surface area contributed by atoms with Crippen LogP contribution in [0, 0.1) is 0 Å². The number of nitrogens with one attached hydrogen (secondary N) is 1. The van der Waals surface area contributed by atoms with Crippen LogP contribution in [-0.4, -0.2) is 21.1 Å². The van der Waals surface area contributed by atoms with Crippen molar-refractivity contribution >= 4 is 0 Å². The van der Waals surface area contributed by atoms with E-state index in [4.69, 9.17) is 0 Å². The minimum atomic E-state index is 0.251. The molecule has 0 fully saturated rings. The molecular formula is C16H24N4. The lowest BCUT2D eigenvalue weighted by atomic mass is 10.1. The molecule has 0 saturated heterocycles. The average Bonchev–Trinajstić information content (AvgIpc) is 2.93. The molecule has 0 bridgehead atoms. The first-order valence-electron chi connectivity index (χ1n) is 7.48. The van der Waals surface area contributed by atoms with E-state index in [-0.39, 0.29) is 6.04 Å². The standard InChI is InChI=1S/C16H24N4/c1-3-7-18-15(12-14-6-5-8-17-13-14)16-19-9-11-20(16)10-4-2/h5-6,8-9,11,13,15,18H,3-4,7,10,12H2,1-2H3. The van der Waals surface area contributed by atoms with Gasteiger partial charge in [-0.2, -0.15) is 0 Å². The van der Waals surface area contributed by atoms with Crippen molar-refractivity contribution in [3.05, 3.63) is 48.3 Å². The van der Waals surface area contributed by atoms with E-state index >= 15 is 0 Å². The molecule has 1 atom stereocenters. The van der Waals surface area contributed by atoms with E-state index in [1.807, 2.05) is 24.7 Å². The van der Waals surface area contributed by atoms with Gasteiger partial charge in [-0.05, 0) is 37.4 Å². The molecule has 0 aliphatic heterocycles. The van der Waals surface area contributed by atoms with Crippen LogP contribution in [0.2, 0.25) is 0 Å². The van der Waals surface area contributed by atoms with Gasteiger partial charge in [-0.1, -0.05) is 19.9 Å². The Hall–Kier alpha value is -1.68. The van der Waals surface area contributed by atoms with Crippen molar-refractivity contribution in [2.75, 3.05) is 6.54 Å². The number of aryl methyl sites for hydroxylation is 1. The number of hydrogen-bond acceptors (Lipinski definition) is 3. The highest BCUT2D eigenvalue weighted by Crippen LogP contribution is 2.17. The second kappa shape index (κ2) is 7.80. The lowest BCUT2D eigenvalue weighted by molar-refractivity contribution is 0.475. The Balaban J connectivity index is 2.16. The summed E-state index contributed by atoms with van der Waals surface area (Å²) in [5, 5.41) is 3.61. The summed E-state index contributed by atoms with van der Waals surface area (Å²) in [6.45, 7) is 6.41. The van der Waals surface area contributed by atoms with Gasteiger partial charge in [0.15, 0.2) is 0 Å². The van der Waals surface area contributed by atoms with E-state index in [0.717, 1.165) is 38.2 Å². The predicted octanol–water partition coefficient (Wildman–Crippen LogP) is 2.97. The molecule has 4 nitrogen and oxygen atoms in total. The van der Waals surface area contributed by atoms with Crippen LogP contribution in [0.1, 0.15) is 44.1 Å². The number of nitrogens with zero attached hydrogens (tertiary/aromatic N) is 3. The van der Waals surface area contributed by atoms with Gasteiger partial charge in [-0.15, -0.1) is 0 Å². The number of rotatable bonds is 8. The molecule has 1 unspecified atom stereocenters. The van der Waals surface area contributed by atoms with Crippen LogP contribution < -0.4 is 5.32 Å². The maximum Gasteiger partial charge on any atom is 0.126 e. The molecule has 108 valence electrons. The quantitative estimate of drug-likeness (QED) is 0.803. The first-order chi connectivity index (χ1) is 9.85. The number of aromatic nitrogens is 3. The summed E-state index contributed by atoms with van der Waals surface area (Å²) >= 11 is 0. The molecule has 0 saturated carbocycles. The minimum Gasteiger partial charge on any atom is -0.334 e. The van der Waals surface area contributed by atoms with E-state index in [1.165, 1.54) is 5.56 Å². The van der Waals surface area contributed by atoms with Crippen molar-refractivity contribution in [2.45, 2.75) is 45.7 Å². The molecule has 0 aromatic carbocycles. The summed E-state index contributed by atoms with van der Waals surface area (Å²) in [5.41, 5.74) is 1.24. The lowest BCUT2D eigenvalue weighted by Gasteiger charge is -2.19. The molecular weight excluding hydrogens is 248 g/mol. The van der Waals surface area contributed by atoms with Gasteiger partial charge in [0.1, 0.15) is 5.82 Å². The number of imidazole rings is 1. The fourth-order valence-electron chi connectivity index (χ4n) is 2.39. The summed E-state index contributed by atoms with van der Waals surface area (Å²) in [6, 6.07) is 4.37. The Bertz CT molecular complexity index is 492. The zero-order chi connectivity index (χ0) is 14.2. The van der Waals surface area contributed by atoms with E-state index in [1.54, 1.807) is 0 Å². The maximum atomic E-state index is 4.56. The van der Waals surface area contributed by atoms with E-state index in [9.17, 15) is 0 Å². The van der Waals surface area contributed by atoms with Gasteiger partial charge < -0.3 is 9.88 Å². The molecule has 4 heteroatoms. The Kier molecular flexibility index (Phi) is 5.74. The summed E-state index contributed by atoms with van der Waals surface area (Å²) < 4.78 is 2.25. The van der Waals surface area contributed by atoms with Crippen molar-refractivity contribution in [3.8, 4) is 0 Å². The average molecular weight is 272 g/mol. The summed E-state index contributed by atoms with van der Waals surface area (Å²) in [7, 11) is 0. The second-order valence-electron chi connectivity index (χ2n) is 5.05. The number of hydrogen-bond donors (Lipinski definition) is 1. The third-order valence-electron chi connectivity index (χ3n) is 3.33. The molecule has 20 heavy (non-hydrogen) atoms. The molecule has 2 aromatic rings. The highest BCUT2D eigenvalue weighted by Gasteiger charge is 2.16. The Morgan fingerprint density at radius 3 is 2.85 bits per heavy atom. The Morgan fingerprint density at radius 1 is 1.25 bits per heavy atom. The Labute approximate surface area is 121 Å². The molecule has 0 aliphatic rings. The van der Waals surface area contributed by atoms with Crippen molar-refractivity contribution in [1.82, 2.24) is 19.9 Å². The highest BCUT2D eigenvalue weighted by molar-refractivity contribution is 5.13. The van der Waals surface area contributed by atoms with Gasteiger partial charge in [0, 0.05) is 31.3 Å². The molecule has 2 aromatic heterocycles. The monoisotopic (exact) mass is 272 g/mol. The summed E-state index contributed by atoms with van der Waals surface area (Å²) in [4.78, 5) is 8.77. The Morgan fingerprint density at radius 2 is 2.15 bits per heavy atom. The maximum absolute atomic E-state index is 4.56. The third-order valence-corrected chi connectivity index (χ3v) is 3.33. The van der Waals surface area contributed by atoms with Gasteiger partial charge in [0.05, 0.1) is 6.04 Å². The van der Waals surface area contributed by atoms with Crippen LogP contribution in [0.5, 0.6) is 0 Å². The third kappa shape index (κ3) is 3.90. The normalized spacial score (nSPS) is 12.5. The van der Waals surface area contributed by atoms with Crippen LogP contribution in [0.25, 0.3) is 0 Å². The van der Waals surface area contributed by atoms with Crippen LogP contribution in [0.15, 0.2) is 36.9 Å². The van der Waals surface area contributed by atoms with Crippen LogP contribution in [0.4, 0.5) is 0 Å². The zero-order valence-corrected chi connectivity index (χ0v) is 12.4. The van der Waals surface area contributed by atoms with Crippen LogP contribution in [0.3, 0.4) is 0 Å². The van der Waals surface area contributed by atoms with Gasteiger partial charge in [0.25, 0.3) is 0 Å². The number of pyridine rings is 1. The van der Waals surface area contributed by atoms with Crippen LogP contribution in [-0.2, 0) is 13.0 Å². The molecule has 0 radical (unpaired) electrons. The largest absolute Gasteiger partial charge is 0.334 e. The predicted molar refractivity (Wildman–Crippen MR) is 81.5 cm³/mol. The summed E-state index contributed by atoms with van der Waals surface area (Å²) in [6.07, 6.45) is 10.9. The van der Waals surface area contributed by atoms with Crippen LogP contribution >= 0.6 is 0 Å². The zero-order valence-electron chi connectivity index (χ0n) is 12.4. The first kappa shape index (κ1) is 14.7. The van der Waals surface area contributed by atoms with Crippen molar-refractivity contribution in [3.63, 3.8) is 0 Å². The topological polar surface area (TPSA) is 42.7 Å². The van der Waals surface area contributed by atoms with Crippen molar-refractivity contribution < 1.29 is 0 Å². The van der Waals surface area contributed by atoms with Crippen molar-refractivity contribution in [2.24, 2.45) is 0 Å². The van der Waals surface area contributed by atoms with Gasteiger partial charge in [-0.25, -0.2) is 4.98 Å². The molecule has 0 aliphatic carbocycles. The highest BCUT2D eigenvalue weighted by atomic mass is 15.1.